The lowest BCUT2D eigenvalue weighted by Gasteiger charge is -2.16. The number of pyridine rings is 1. The fraction of sp³-hybridized carbons (Fsp3) is 0.375. The molecule has 1 saturated heterocycles. The van der Waals surface area contributed by atoms with Crippen LogP contribution >= 0.6 is 15.9 Å². The van der Waals surface area contributed by atoms with E-state index in [0.29, 0.717) is 23.3 Å². The lowest BCUT2D eigenvalue weighted by atomic mass is 10.4. The van der Waals surface area contributed by atoms with Gasteiger partial charge in [-0.2, -0.15) is 0 Å². The van der Waals surface area contributed by atoms with Crippen LogP contribution in [0.4, 0.5) is 5.69 Å². The summed E-state index contributed by atoms with van der Waals surface area (Å²) in [5, 5.41) is 0. The molecule has 0 bridgehead atoms. The third-order valence-electron chi connectivity index (χ3n) is 2.10. The molecule has 6 heteroatoms. The molecule has 0 saturated carbocycles. The molecule has 1 aliphatic rings. The zero-order valence-electron chi connectivity index (χ0n) is 7.35. The number of nitrogens with zero attached hydrogens (tertiary/aromatic N) is 2. The standard InChI is InChI=1S/C8H9BrN2O2S/c9-8-6-7(2-3-10-8)11-4-1-5-14(11,12)13/h2-3,6H,1,4-5H2. The number of rotatable bonds is 1. The quantitative estimate of drug-likeness (QED) is 0.729. The average Bonchev–Trinajstić information content (AvgIpc) is 2.45. The van der Waals surface area contributed by atoms with E-state index in [1.165, 1.54) is 4.31 Å². The first-order valence-electron chi connectivity index (χ1n) is 4.21. The van der Waals surface area contributed by atoms with Crippen molar-refractivity contribution < 1.29 is 8.42 Å². The van der Waals surface area contributed by atoms with Gasteiger partial charge in [-0.05, 0) is 34.5 Å². The Hall–Kier alpha value is -0.620. The van der Waals surface area contributed by atoms with E-state index in [2.05, 4.69) is 20.9 Å². The molecule has 0 aromatic carbocycles. The van der Waals surface area contributed by atoms with E-state index in [0.717, 1.165) is 0 Å². The van der Waals surface area contributed by atoms with Crippen molar-refractivity contribution >= 4 is 31.6 Å². The number of aromatic nitrogens is 1. The summed E-state index contributed by atoms with van der Waals surface area (Å²) in [5.41, 5.74) is 0.685. The van der Waals surface area contributed by atoms with Crippen molar-refractivity contribution in [3.8, 4) is 0 Å². The second-order valence-electron chi connectivity index (χ2n) is 3.08. The highest BCUT2D eigenvalue weighted by molar-refractivity contribution is 9.10. The fourth-order valence-corrected chi connectivity index (χ4v) is 3.39. The van der Waals surface area contributed by atoms with Gasteiger partial charge in [-0.15, -0.1) is 0 Å². The van der Waals surface area contributed by atoms with Gasteiger partial charge in [0, 0.05) is 12.7 Å². The highest BCUT2D eigenvalue weighted by atomic mass is 79.9. The summed E-state index contributed by atoms with van der Waals surface area (Å²) in [4.78, 5) is 3.95. The number of hydrogen-bond donors (Lipinski definition) is 0. The molecular formula is C8H9BrN2O2S. The summed E-state index contributed by atoms with van der Waals surface area (Å²) in [6.45, 7) is 0.568. The summed E-state index contributed by atoms with van der Waals surface area (Å²) in [6, 6.07) is 3.41. The van der Waals surface area contributed by atoms with Gasteiger partial charge in [0.05, 0.1) is 11.4 Å². The van der Waals surface area contributed by atoms with Crippen molar-refractivity contribution in [2.75, 3.05) is 16.6 Å². The predicted octanol–water partition coefficient (Wildman–Crippen LogP) is 1.38. The monoisotopic (exact) mass is 276 g/mol. The van der Waals surface area contributed by atoms with Crippen LogP contribution in [-0.4, -0.2) is 25.7 Å². The first-order valence-corrected chi connectivity index (χ1v) is 6.62. The lowest BCUT2D eigenvalue weighted by molar-refractivity contribution is 0.599. The summed E-state index contributed by atoms with van der Waals surface area (Å²) < 4.78 is 25.2. The maximum atomic E-state index is 11.6. The largest absolute Gasteiger partial charge is 0.270 e. The van der Waals surface area contributed by atoms with Gasteiger partial charge in [0.2, 0.25) is 10.0 Å². The molecule has 0 radical (unpaired) electrons. The topological polar surface area (TPSA) is 50.3 Å². The zero-order valence-corrected chi connectivity index (χ0v) is 9.75. The molecule has 1 aliphatic heterocycles. The molecule has 0 unspecified atom stereocenters. The molecule has 2 rings (SSSR count). The van der Waals surface area contributed by atoms with E-state index in [-0.39, 0.29) is 5.75 Å². The number of halogens is 1. The van der Waals surface area contributed by atoms with Crippen LogP contribution in [0.3, 0.4) is 0 Å². The highest BCUT2D eigenvalue weighted by Gasteiger charge is 2.28. The van der Waals surface area contributed by atoms with E-state index in [4.69, 9.17) is 0 Å². The second kappa shape index (κ2) is 3.51. The Labute approximate surface area is 91.1 Å². The van der Waals surface area contributed by atoms with Crippen molar-refractivity contribution in [2.24, 2.45) is 0 Å². The summed E-state index contributed by atoms with van der Waals surface area (Å²) in [7, 11) is -3.07. The van der Waals surface area contributed by atoms with E-state index in [9.17, 15) is 8.42 Å². The Morgan fingerprint density at radius 3 is 2.86 bits per heavy atom. The number of sulfonamides is 1. The summed E-state index contributed by atoms with van der Waals surface area (Å²) >= 11 is 3.21. The van der Waals surface area contributed by atoms with Crippen molar-refractivity contribution in [3.05, 3.63) is 22.9 Å². The molecule has 14 heavy (non-hydrogen) atoms. The van der Waals surface area contributed by atoms with Crippen LogP contribution in [-0.2, 0) is 10.0 Å². The van der Waals surface area contributed by atoms with E-state index in [1.54, 1.807) is 18.3 Å². The lowest BCUT2D eigenvalue weighted by Crippen LogP contribution is -2.24. The first-order chi connectivity index (χ1) is 6.59. The second-order valence-corrected chi connectivity index (χ2v) is 5.90. The fourth-order valence-electron chi connectivity index (χ4n) is 1.48. The minimum Gasteiger partial charge on any atom is -0.270 e. The van der Waals surface area contributed by atoms with Crippen LogP contribution < -0.4 is 4.31 Å². The Bertz CT molecular complexity index is 446. The maximum absolute atomic E-state index is 11.6. The Balaban J connectivity index is 2.41. The Morgan fingerprint density at radius 2 is 2.29 bits per heavy atom. The van der Waals surface area contributed by atoms with Crippen molar-refractivity contribution in [1.82, 2.24) is 4.98 Å². The van der Waals surface area contributed by atoms with Crippen molar-refractivity contribution in [2.45, 2.75) is 6.42 Å². The molecular weight excluding hydrogens is 268 g/mol. The minimum absolute atomic E-state index is 0.243. The van der Waals surface area contributed by atoms with Gasteiger partial charge in [-0.1, -0.05) is 0 Å². The van der Waals surface area contributed by atoms with Gasteiger partial charge in [0.1, 0.15) is 4.60 Å². The van der Waals surface area contributed by atoms with Crippen molar-refractivity contribution in [1.29, 1.82) is 0 Å². The molecule has 1 aromatic rings. The third kappa shape index (κ3) is 1.76. The van der Waals surface area contributed by atoms with Gasteiger partial charge in [-0.3, -0.25) is 4.31 Å². The van der Waals surface area contributed by atoms with Crippen LogP contribution in [0.15, 0.2) is 22.9 Å². The SMILES string of the molecule is O=S1(=O)CCCN1c1ccnc(Br)c1. The zero-order chi connectivity index (χ0) is 10.2. The molecule has 0 spiro atoms. The Morgan fingerprint density at radius 1 is 1.50 bits per heavy atom. The molecule has 1 aromatic heterocycles. The molecule has 0 aliphatic carbocycles. The highest BCUT2D eigenvalue weighted by Crippen LogP contribution is 2.25. The van der Waals surface area contributed by atoms with Crippen molar-refractivity contribution in [3.63, 3.8) is 0 Å². The average molecular weight is 277 g/mol. The smallest absolute Gasteiger partial charge is 0.235 e. The molecule has 0 N–H and O–H groups in total. The van der Waals surface area contributed by atoms with E-state index in [1.807, 2.05) is 0 Å². The maximum Gasteiger partial charge on any atom is 0.235 e. The van der Waals surface area contributed by atoms with Crippen LogP contribution in [0.2, 0.25) is 0 Å². The van der Waals surface area contributed by atoms with Crippen LogP contribution in [0.25, 0.3) is 0 Å². The first kappa shape index (κ1) is 9.92. The van der Waals surface area contributed by atoms with Gasteiger partial charge >= 0.3 is 0 Å². The van der Waals surface area contributed by atoms with Crippen LogP contribution in [0.5, 0.6) is 0 Å². The predicted molar refractivity (Wildman–Crippen MR) is 57.7 cm³/mol. The number of anilines is 1. The van der Waals surface area contributed by atoms with Gasteiger partial charge < -0.3 is 0 Å². The Kier molecular flexibility index (Phi) is 2.48. The van der Waals surface area contributed by atoms with Gasteiger partial charge in [-0.25, -0.2) is 13.4 Å². The molecule has 2 heterocycles. The normalized spacial score (nSPS) is 19.9. The van der Waals surface area contributed by atoms with Gasteiger partial charge in [0.15, 0.2) is 0 Å². The van der Waals surface area contributed by atoms with E-state index < -0.39 is 10.0 Å². The number of hydrogen-bond acceptors (Lipinski definition) is 3. The minimum atomic E-state index is -3.07. The molecule has 4 nitrogen and oxygen atoms in total. The summed E-state index contributed by atoms with van der Waals surface area (Å²) in [5.74, 6) is 0.243. The van der Waals surface area contributed by atoms with Crippen LogP contribution in [0, 0.1) is 0 Å². The third-order valence-corrected chi connectivity index (χ3v) is 4.40. The van der Waals surface area contributed by atoms with Gasteiger partial charge in [0.25, 0.3) is 0 Å². The van der Waals surface area contributed by atoms with E-state index >= 15 is 0 Å². The van der Waals surface area contributed by atoms with Crippen LogP contribution in [0.1, 0.15) is 6.42 Å². The molecule has 1 fully saturated rings. The molecule has 0 amide bonds. The molecule has 76 valence electrons. The molecule has 0 atom stereocenters. The summed E-state index contributed by atoms with van der Waals surface area (Å²) in [6.07, 6.45) is 2.29.